The number of hydrogen-bond acceptors (Lipinski definition) is 3. The predicted molar refractivity (Wildman–Crippen MR) is 79.5 cm³/mol. The van der Waals surface area contributed by atoms with Gasteiger partial charge in [-0.2, -0.15) is 0 Å². The highest BCUT2D eigenvalue weighted by Gasteiger charge is 2.39. The lowest BCUT2D eigenvalue weighted by molar-refractivity contribution is 0.214. The van der Waals surface area contributed by atoms with Crippen molar-refractivity contribution in [2.24, 2.45) is 5.73 Å². The molecule has 2 rings (SSSR count). The number of hydrogen-bond donors (Lipinski definition) is 2. The van der Waals surface area contributed by atoms with E-state index in [1.165, 1.54) is 12.1 Å². The number of thiocarbonyl (C=S) groups is 1. The van der Waals surface area contributed by atoms with Crippen molar-refractivity contribution in [1.82, 2.24) is 4.72 Å². The number of halogens is 1. The summed E-state index contributed by atoms with van der Waals surface area (Å²) in [6.45, 7) is 1.95. The zero-order valence-corrected chi connectivity index (χ0v) is 12.8. The van der Waals surface area contributed by atoms with E-state index in [1.54, 1.807) is 0 Å². The summed E-state index contributed by atoms with van der Waals surface area (Å²) in [5.74, 6) is -0.620. The molecule has 1 aromatic rings. The van der Waals surface area contributed by atoms with Crippen molar-refractivity contribution in [3.05, 3.63) is 29.6 Å². The molecule has 4 nitrogen and oxygen atoms in total. The molecule has 1 aliphatic rings. The van der Waals surface area contributed by atoms with Crippen LogP contribution in [0.3, 0.4) is 0 Å². The van der Waals surface area contributed by atoms with Gasteiger partial charge in [-0.3, -0.25) is 0 Å². The standard InChI is InChI=1S/C13H17FN2O2S2/c1-2-13(6-3-7-13)16-20(17,18)9-4-5-11(14)10(8-9)12(15)19/h4-5,8,16H,2-3,6-7H2,1H3,(H2,15,19). The number of benzene rings is 1. The minimum Gasteiger partial charge on any atom is -0.389 e. The van der Waals surface area contributed by atoms with E-state index in [4.69, 9.17) is 18.0 Å². The molecule has 0 atom stereocenters. The molecule has 1 saturated carbocycles. The van der Waals surface area contributed by atoms with Crippen LogP contribution in [-0.2, 0) is 10.0 Å². The molecule has 1 aliphatic carbocycles. The first kappa shape index (κ1) is 15.3. The van der Waals surface area contributed by atoms with E-state index in [-0.39, 0.29) is 21.0 Å². The van der Waals surface area contributed by atoms with Gasteiger partial charge in [0.1, 0.15) is 10.8 Å². The molecule has 0 saturated heterocycles. The fourth-order valence-electron chi connectivity index (χ4n) is 2.34. The van der Waals surface area contributed by atoms with Gasteiger partial charge in [-0.25, -0.2) is 17.5 Å². The normalized spacial score (nSPS) is 17.5. The van der Waals surface area contributed by atoms with Crippen molar-refractivity contribution in [1.29, 1.82) is 0 Å². The summed E-state index contributed by atoms with van der Waals surface area (Å²) in [6, 6.07) is 3.48. The van der Waals surface area contributed by atoms with Crippen LogP contribution in [0.15, 0.2) is 23.1 Å². The number of nitrogens with two attached hydrogens (primary N) is 1. The summed E-state index contributed by atoms with van der Waals surface area (Å²) in [6.07, 6.45) is 3.39. The van der Waals surface area contributed by atoms with Gasteiger partial charge in [0.2, 0.25) is 10.0 Å². The van der Waals surface area contributed by atoms with Crippen LogP contribution in [0.25, 0.3) is 0 Å². The van der Waals surface area contributed by atoms with Gasteiger partial charge in [-0.05, 0) is 43.9 Å². The molecule has 0 aromatic heterocycles. The van der Waals surface area contributed by atoms with Crippen LogP contribution in [0.2, 0.25) is 0 Å². The third-order valence-electron chi connectivity index (χ3n) is 3.85. The maximum atomic E-state index is 13.5. The average Bonchev–Trinajstić information content (AvgIpc) is 2.34. The Morgan fingerprint density at radius 2 is 2.15 bits per heavy atom. The van der Waals surface area contributed by atoms with E-state index >= 15 is 0 Å². The highest BCUT2D eigenvalue weighted by Crippen LogP contribution is 2.36. The summed E-state index contributed by atoms with van der Waals surface area (Å²) in [5, 5.41) is 0. The molecule has 20 heavy (non-hydrogen) atoms. The Kier molecular flexibility index (Phi) is 4.13. The third kappa shape index (κ3) is 2.84. The maximum Gasteiger partial charge on any atom is 0.241 e. The second kappa shape index (κ2) is 5.38. The molecular weight excluding hydrogens is 299 g/mol. The van der Waals surface area contributed by atoms with Gasteiger partial charge < -0.3 is 5.73 Å². The molecule has 3 N–H and O–H groups in total. The zero-order chi connectivity index (χ0) is 15.0. The number of rotatable bonds is 5. The quantitative estimate of drug-likeness (QED) is 0.816. The molecular formula is C13H17FN2O2S2. The molecule has 7 heteroatoms. The van der Waals surface area contributed by atoms with E-state index in [0.717, 1.165) is 31.7 Å². The van der Waals surface area contributed by atoms with Crippen molar-refractivity contribution in [2.75, 3.05) is 0 Å². The van der Waals surface area contributed by atoms with Crippen LogP contribution >= 0.6 is 12.2 Å². The molecule has 1 aromatic carbocycles. The van der Waals surface area contributed by atoms with Gasteiger partial charge in [0.15, 0.2) is 0 Å². The first-order valence-corrected chi connectivity index (χ1v) is 8.32. The van der Waals surface area contributed by atoms with Crippen LogP contribution in [-0.4, -0.2) is 18.9 Å². The second-order valence-electron chi connectivity index (χ2n) is 5.10. The predicted octanol–water partition coefficient (Wildman–Crippen LogP) is 2.07. The fourth-order valence-corrected chi connectivity index (χ4v) is 4.05. The lowest BCUT2D eigenvalue weighted by atomic mass is 9.76. The molecule has 0 heterocycles. The smallest absolute Gasteiger partial charge is 0.241 e. The maximum absolute atomic E-state index is 13.5. The molecule has 1 fully saturated rings. The molecule has 0 radical (unpaired) electrons. The number of sulfonamides is 1. The minimum absolute atomic E-state index is 0.0126. The topological polar surface area (TPSA) is 72.2 Å². The van der Waals surface area contributed by atoms with E-state index in [1.807, 2.05) is 6.92 Å². The van der Waals surface area contributed by atoms with E-state index in [9.17, 15) is 12.8 Å². The zero-order valence-electron chi connectivity index (χ0n) is 11.1. The summed E-state index contributed by atoms with van der Waals surface area (Å²) in [5.41, 5.74) is 4.98. The van der Waals surface area contributed by atoms with Crippen molar-refractivity contribution in [2.45, 2.75) is 43.0 Å². The van der Waals surface area contributed by atoms with Gasteiger partial charge in [-0.15, -0.1) is 0 Å². The Hall–Kier alpha value is -1.05. The van der Waals surface area contributed by atoms with E-state index in [2.05, 4.69) is 4.72 Å². The Balaban J connectivity index is 2.35. The highest BCUT2D eigenvalue weighted by molar-refractivity contribution is 7.89. The van der Waals surface area contributed by atoms with Crippen molar-refractivity contribution in [3.63, 3.8) is 0 Å². The van der Waals surface area contributed by atoms with E-state index in [0.29, 0.717) is 0 Å². The third-order valence-corrected chi connectivity index (χ3v) is 5.65. The summed E-state index contributed by atoms with van der Waals surface area (Å²) >= 11 is 4.72. The van der Waals surface area contributed by atoms with Crippen molar-refractivity contribution < 1.29 is 12.8 Å². The first-order valence-electron chi connectivity index (χ1n) is 6.43. The Labute approximate surface area is 123 Å². The lowest BCUT2D eigenvalue weighted by Crippen LogP contribution is -2.52. The van der Waals surface area contributed by atoms with Crippen LogP contribution in [0.1, 0.15) is 38.2 Å². The van der Waals surface area contributed by atoms with Crippen LogP contribution in [0.4, 0.5) is 4.39 Å². The van der Waals surface area contributed by atoms with Crippen molar-refractivity contribution in [3.8, 4) is 0 Å². The van der Waals surface area contributed by atoms with Crippen LogP contribution < -0.4 is 10.5 Å². The van der Waals surface area contributed by atoms with Crippen LogP contribution in [0.5, 0.6) is 0 Å². The molecule has 0 aliphatic heterocycles. The Morgan fingerprint density at radius 3 is 2.60 bits per heavy atom. The first-order chi connectivity index (χ1) is 9.30. The molecule has 0 bridgehead atoms. The molecule has 0 amide bonds. The Morgan fingerprint density at radius 1 is 1.50 bits per heavy atom. The van der Waals surface area contributed by atoms with Crippen molar-refractivity contribution >= 4 is 27.2 Å². The second-order valence-corrected chi connectivity index (χ2v) is 7.22. The summed E-state index contributed by atoms with van der Waals surface area (Å²) < 4.78 is 41.0. The highest BCUT2D eigenvalue weighted by atomic mass is 32.2. The van der Waals surface area contributed by atoms with Gasteiger partial charge in [0, 0.05) is 11.1 Å². The average molecular weight is 316 g/mol. The summed E-state index contributed by atoms with van der Waals surface area (Å²) in [7, 11) is -3.70. The summed E-state index contributed by atoms with van der Waals surface area (Å²) in [4.78, 5) is -0.171. The minimum atomic E-state index is -3.70. The molecule has 110 valence electrons. The monoisotopic (exact) mass is 316 g/mol. The lowest BCUT2D eigenvalue weighted by Gasteiger charge is -2.41. The van der Waals surface area contributed by atoms with Gasteiger partial charge >= 0.3 is 0 Å². The van der Waals surface area contributed by atoms with Gasteiger partial charge in [0.05, 0.1) is 4.90 Å². The largest absolute Gasteiger partial charge is 0.389 e. The fraction of sp³-hybridized carbons (Fsp3) is 0.462. The number of nitrogens with one attached hydrogen (secondary N) is 1. The van der Waals surface area contributed by atoms with Gasteiger partial charge in [0.25, 0.3) is 0 Å². The van der Waals surface area contributed by atoms with E-state index < -0.39 is 15.8 Å². The molecule has 0 unspecified atom stereocenters. The SMILES string of the molecule is CCC1(NS(=O)(=O)c2ccc(F)c(C(N)=S)c2)CCC1. The Bertz CT molecular complexity index is 634. The molecule has 0 spiro atoms. The van der Waals surface area contributed by atoms with Crippen LogP contribution in [0, 0.1) is 5.82 Å². The van der Waals surface area contributed by atoms with Gasteiger partial charge in [-0.1, -0.05) is 19.1 Å².